The van der Waals surface area contributed by atoms with Crippen LogP contribution in [-0.2, 0) is 6.54 Å². The first kappa shape index (κ1) is 17.9. The maximum Gasteiger partial charge on any atom is 0.113 e. The highest BCUT2D eigenvalue weighted by atomic mass is 35.5. The van der Waals surface area contributed by atoms with E-state index in [9.17, 15) is 0 Å². The third kappa shape index (κ3) is 3.06. The van der Waals surface area contributed by atoms with Crippen molar-refractivity contribution in [3.05, 3.63) is 89.7 Å². The van der Waals surface area contributed by atoms with Gasteiger partial charge in [0.2, 0.25) is 0 Å². The molecule has 0 amide bonds. The first-order chi connectivity index (χ1) is 15.3. The molecule has 150 valence electrons. The molecule has 0 saturated heterocycles. The number of nitrogens with zero attached hydrogens (tertiary/aromatic N) is 6. The molecule has 0 radical (unpaired) electrons. The number of aromatic amines is 1. The summed E-state index contributed by atoms with van der Waals surface area (Å²) in [5.74, 6) is 0. The van der Waals surface area contributed by atoms with Gasteiger partial charge in [-0.2, -0.15) is 10.2 Å². The second-order valence-corrected chi connectivity index (χ2v) is 7.72. The molecule has 6 rings (SSSR count). The van der Waals surface area contributed by atoms with E-state index in [4.69, 9.17) is 11.6 Å². The fourth-order valence-corrected chi connectivity index (χ4v) is 4.01. The third-order valence-electron chi connectivity index (χ3n) is 5.41. The van der Waals surface area contributed by atoms with Gasteiger partial charge < -0.3 is 0 Å². The lowest BCUT2D eigenvalue weighted by Crippen LogP contribution is -2.04. The first-order valence-electron chi connectivity index (χ1n) is 9.81. The Hall–Kier alpha value is -3.97. The summed E-state index contributed by atoms with van der Waals surface area (Å²) in [6, 6.07) is 22.0. The number of H-pyrrole nitrogens is 1. The van der Waals surface area contributed by atoms with Crippen molar-refractivity contribution in [3.63, 3.8) is 0 Å². The van der Waals surface area contributed by atoms with Crippen LogP contribution in [0.2, 0.25) is 5.02 Å². The number of hydrogen-bond acceptors (Lipinski definition) is 4. The Kier molecular flexibility index (Phi) is 4.07. The summed E-state index contributed by atoms with van der Waals surface area (Å²) in [5, 5.41) is 22.1. The minimum Gasteiger partial charge on any atom is -0.278 e. The number of benzene rings is 3. The van der Waals surface area contributed by atoms with Crippen LogP contribution < -0.4 is 0 Å². The Morgan fingerprint density at radius 1 is 0.968 bits per heavy atom. The zero-order valence-corrected chi connectivity index (χ0v) is 17.0. The summed E-state index contributed by atoms with van der Waals surface area (Å²) < 4.78 is 3.79. The lowest BCUT2D eigenvalue weighted by Gasteiger charge is -2.10. The summed E-state index contributed by atoms with van der Waals surface area (Å²) in [6.45, 7) is 0.591. The van der Waals surface area contributed by atoms with E-state index in [1.807, 2.05) is 70.0 Å². The molecule has 0 unspecified atom stereocenters. The van der Waals surface area contributed by atoms with Crippen molar-refractivity contribution in [1.29, 1.82) is 0 Å². The largest absolute Gasteiger partial charge is 0.278 e. The van der Waals surface area contributed by atoms with Crippen LogP contribution in [0.3, 0.4) is 0 Å². The summed E-state index contributed by atoms with van der Waals surface area (Å²) in [5.41, 5.74) is 6.67. The second-order valence-electron chi connectivity index (χ2n) is 7.31. The van der Waals surface area contributed by atoms with E-state index < -0.39 is 0 Å². The van der Waals surface area contributed by atoms with Gasteiger partial charge in [0.05, 0.1) is 35.2 Å². The molecule has 0 atom stereocenters. The van der Waals surface area contributed by atoms with Gasteiger partial charge in [-0.3, -0.25) is 9.78 Å². The number of nitrogens with one attached hydrogen (secondary N) is 1. The Bertz CT molecular complexity index is 1540. The first-order valence-corrected chi connectivity index (χ1v) is 10.2. The predicted molar refractivity (Wildman–Crippen MR) is 120 cm³/mol. The second kappa shape index (κ2) is 7.07. The van der Waals surface area contributed by atoms with Crippen molar-refractivity contribution in [2.75, 3.05) is 0 Å². The summed E-state index contributed by atoms with van der Waals surface area (Å²) >= 11 is 6.36. The van der Waals surface area contributed by atoms with Crippen molar-refractivity contribution in [2.24, 2.45) is 0 Å². The normalized spacial score (nSPS) is 11.5. The molecule has 0 aliphatic heterocycles. The van der Waals surface area contributed by atoms with Crippen molar-refractivity contribution in [2.45, 2.75) is 6.54 Å². The average molecular weight is 426 g/mol. The molecule has 3 heterocycles. The summed E-state index contributed by atoms with van der Waals surface area (Å²) in [7, 11) is 0. The SMILES string of the molecule is Clc1ccccc1Cn1nccc1-c1ccc2nnn(-c3ccc4cn[nH]c4c3)c2c1. The molecule has 0 saturated carbocycles. The highest BCUT2D eigenvalue weighted by Gasteiger charge is 2.13. The molecule has 8 heteroatoms. The van der Waals surface area contributed by atoms with Crippen molar-refractivity contribution >= 4 is 33.5 Å². The van der Waals surface area contributed by atoms with Crippen molar-refractivity contribution in [1.82, 2.24) is 35.0 Å². The van der Waals surface area contributed by atoms with Gasteiger partial charge in [-0.25, -0.2) is 4.68 Å². The number of hydrogen-bond donors (Lipinski definition) is 1. The zero-order chi connectivity index (χ0) is 20.8. The van der Waals surface area contributed by atoms with Gasteiger partial charge in [-0.05, 0) is 48.0 Å². The van der Waals surface area contributed by atoms with Crippen LogP contribution in [0, 0.1) is 0 Å². The van der Waals surface area contributed by atoms with Gasteiger partial charge >= 0.3 is 0 Å². The molecule has 0 bridgehead atoms. The molecular formula is C23H16ClN7. The molecule has 3 aromatic carbocycles. The molecule has 0 spiro atoms. The van der Waals surface area contributed by atoms with E-state index in [-0.39, 0.29) is 0 Å². The fourth-order valence-electron chi connectivity index (χ4n) is 3.82. The van der Waals surface area contributed by atoms with E-state index in [0.29, 0.717) is 6.54 Å². The van der Waals surface area contributed by atoms with Gasteiger partial charge in [0, 0.05) is 22.2 Å². The van der Waals surface area contributed by atoms with Gasteiger partial charge in [-0.15, -0.1) is 5.10 Å². The van der Waals surface area contributed by atoms with Crippen molar-refractivity contribution < 1.29 is 0 Å². The van der Waals surface area contributed by atoms with Crippen LogP contribution in [0.1, 0.15) is 5.56 Å². The quantitative estimate of drug-likeness (QED) is 0.437. The molecule has 1 N–H and O–H groups in total. The van der Waals surface area contributed by atoms with E-state index >= 15 is 0 Å². The molecule has 6 aromatic rings. The monoisotopic (exact) mass is 425 g/mol. The molecule has 31 heavy (non-hydrogen) atoms. The number of aromatic nitrogens is 7. The lowest BCUT2D eigenvalue weighted by molar-refractivity contribution is 0.694. The standard InChI is InChI=1S/C23H16ClN7/c24-19-4-2-1-3-17(19)14-30-22(9-10-26-30)15-6-8-20-23(11-15)31(29-28-20)18-7-5-16-13-25-27-21(16)12-18/h1-13H,14H2,(H,25,27). The third-order valence-corrected chi connectivity index (χ3v) is 5.77. The Balaban J connectivity index is 1.43. The highest BCUT2D eigenvalue weighted by molar-refractivity contribution is 6.31. The average Bonchev–Trinajstić information content (AvgIpc) is 3.53. The molecule has 0 aliphatic rings. The fraction of sp³-hybridized carbons (Fsp3) is 0.0435. The minimum absolute atomic E-state index is 0.591. The topological polar surface area (TPSA) is 77.2 Å². The van der Waals surface area contributed by atoms with Crippen LogP contribution in [-0.4, -0.2) is 35.0 Å². The maximum absolute atomic E-state index is 6.36. The van der Waals surface area contributed by atoms with Gasteiger partial charge in [0.1, 0.15) is 5.52 Å². The van der Waals surface area contributed by atoms with Crippen LogP contribution >= 0.6 is 11.6 Å². The van der Waals surface area contributed by atoms with E-state index in [2.05, 4.69) is 31.7 Å². The number of halogens is 1. The van der Waals surface area contributed by atoms with E-state index in [0.717, 1.165) is 49.5 Å². The van der Waals surface area contributed by atoms with Crippen LogP contribution in [0.15, 0.2) is 79.1 Å². The lowest BCUT2D eigenvalue weighted by atomic mass is 10.1. The van der Waals surface area contributed by atoms with Crippen LogP contribution in [0.5, 0.6) is 0 Å². The van der Waals surface area contributed by atoms with E-state index in [1.54, 1.807) is 12.4 Å². The Labute approximate surface area is 181 Å². The predicted octanol–water partition coefficient (Wildman–Crippen LogP) is 4.86. The van der Waals surface area contributed by atoms with Crippen LogP contribution in [0.25, 0.3) is 38.9 Å². The molecule has 0 aliphatic carbocycles. The molecule has 0 fully saturated rings. The van der Waals surface area contributed by atoms with Gasteiger partial charge in [0.25, 0.3) is 0 Å². The summed E-state index contributed by atoms with van der Waals surface area (Å²) in [6.07, 6.45) is 3.61. The van der Waals surface area contributed by atoms with E-state index in [1.165, 1.54) is 0 Å². The maximum atomic E-state index is 6.36. The summed E-state index contributed by atoms with van der Waals surface area (Å²) in [4.78, 5) is 0. The van der Waals surface area contributed by atoms with Crippen molar-refractivity contribution in [3.8, 4) is 16.9 Å². The highest BCUT2D eigenvalue weighted by Crippen LogP contribution is 2.27. The molecule has 3 aromatic heterocycles. The van der Waals surface area contributed by atoms with Crippen LogP contribution in [0.4, 0.5) is 0 Å². The Morgan fingerprint density at radius 3 is 2.84 bits per heavy atom. The Morgan fingerprint density at radius 2 is 1.90 bits per heavy atom. The molecule has 7 nitrogen and oxygen atoms in total. The zero-order valence-electron chi connectivity index (χ0n) is 16.3. The number of rotatable bonds is 4. The van der Waals surface area contributed by atoms with Gasteiger partial charge in [-0.1, -0.05) is 41.1 Å². The molecular weight excluding hydrogens is 410 g/mol. The smallest absolute Gasteiger partial charge is 0.113 e. The van der Waals surface area contributed by atoms with Gasteiger partial charge in [0.15, 0.2) is 0 Å². The number of fused-ring (bicyclic) bond motifs is 2. The minimum atomic E-state index is 0.591.